The van der Waals surface area contributed by atoms with E-state index in [1.54, 1.807) is 39.8 Å². The third-order valence-electron chi connectivity index (χ3n) is 16.3. The largest absolute Gasteiger partial charge is 0.507 e. The summed E-state index contributed by atoms with van der Waals surface area (Å²) in [4.78, 5) is 66.9. The van der Waals surface area contributed by atoms with Crippen LogP contribution in [0, 0.1) is 0 Å². The van der Waals surface area contributed by atoms with Gasteiger partial charge in [-0.05, 0) is 104 Å². The Bertz CT molecular complexity index is 2560. The van der Waals surface area contributed by atoms with Crippen LogP contribution >= 0.6 is 0 Å². The molecule has 4 saturated heterocycles. The van der Waals surface area contributed by atoms with Gasteiger partial charge in [-0.25, -0.2) is 0 Å². The summed E-state index contributed by atoms with van der Waals surface area (Å²) >= 11 is 0. The van der Waals surface area contributed by atoms with Crippen molar-refractivity contribution >= 4 is 28.9 Å². The molecule has 6 heterocycles. The van der Waals surface area contributed by atoms with E-state index < -0.39 is 132 Å². The Balaban J connectivity index is 0.744. The summed E-state index contributed by atoms with van der Waals surface area (Å²) in [5.74, 6) is -3.52. The number of carbonyl (C=O) groups is 5. The number of benzene rings is 1. The van der Waals surface area contributed by atoms with Gasteiger partial charge in [-0.2, -0.15) is 0 Å². The zero-order valence-electron chi connectivity index (χ0n) is 43.1. The van der Waals surface area contributed by atoms with E-state index in [2.05, 4.69) is 0 Å². The molecule has 0 radical (unpaired) electrons. The number of ether oxygens (including phenoxy) is 11. The van der Waals surface area contributed by atoms with Crippen LogP contribution in [0.15, 0.2) is 59.7 Å². The molecule has 10 rings (SSSR count). The monoisotopic (exact) mass is 1050 g/mol. The van der Waals surface area contributed by atoms with Gasteiger partial charge in [0.25, 0.3) is 0 Å². The molecule has 0 spiro atoms. The minimum atomic E-state index is -2.84. The second-order valence-electron chi connectivity index (χ2n) is 21.8. The second kappa shape index (κ2) is 20.9. The highest BCUT2D eigenvalue weighted by Gasteiger charge is 2.67. The molecule has 0 bridgehead atoms. The summed E-state index contributed by atoms with van der Waals surface area (Å²) in [6, 6.07) is 2.71. The minimum Gasteiger partial charge on any atom is -0.507 e. The van der Waals surface area contributed by atoms with Crippen LogP contribution in [0.1, 0.15) is 139 Å². The van der Waals surface area contributed by atoms with E-state index in [9.17, 15) is 44.4 Å². The molecule has 1 aromatic rings. The highest BCUT2D eigenvalue weighted by molar-refractivity contribution is 6.32. The molecule has 75 heavy (non-hydrogen) atoms. The van der Waals surface area contributed by atoms with Crippen molar-refractivity contribution in [1.82, 2.24) is 0 Å². The molecule has 20 atom stereocenters. The molecule has 1 aromatic carbocycles. The van der Waals surface area contributed by atoms with Crippen LogP contribution in [0.3, 0.4) is 0 Å². The van der Waals surface area contributed by atoms with Gasteiger partial charge in [0.2, 0.25) is 0 Å². The number of fused-ring (bicyclic) bond motifs is 3. The van der Waals surface area contributed by atoms with E-state index in [0.29, 0.717) is 38.5 Å². The maximum Gasteiger partial charge on any atom is 0.198 e. The third-order valence-corrected chi connectivity index (χ3v) is 16.3. The molecule has 3 aliphatic carbocycles. The quantitative estimate of drug-likeness (QED) is 0.241. The van der Waals surface area contributed by atoms with Gasteiger partial charge in [0.05, 0.1) is 71.7 Å². The Labute approximate surface area is 434 Å². The lowest BCUT2D eigenvalue weighted by molar-refractivity contribution is -0.308. The molecule has 0 amide bonds. The zero-order chi connectivity index (χ0) is 53.5. The van der Waals surface area contributed by atoms with Gasteiger partial charge in [-0.1, -0.05) is 12.1 Å². The molecule has 20 heteroatoms. The van der Waals surface area contributed by atoms with E-state index in [1.165, 1.54) is 30.4 Å². The van der Waals surface area contributed by atoms with Crippen molar-refractivity contribution in [3.05, 3.63) is 76.4 Å². The predicted molar refractivity (Wildman–Crippen MR) is 258 cm³/mol. The molecule has 5 fully saturated rings. The maximum absolute atomic E-state index is 14.5. The minimum absolute atomic E-state index is 0.0536. The number of carbonyl (C=O) groups excluding carboxylic acids is 5. The number of aliphatic hydroxyl groups excluding tert-OH is 1. The maximum atomic E-state index is 14.5. The molecule has 6 aliphatic heterocycles. The van der Waals surface area contributed by atoms with E-state index >= 15 is 0 Å². The van der Waals surface area contributed by atoms with Crippen LogP contribution in [0.2, 0.25) is 0 Å². The van der Waals surface area contributed by atoms with Crippen LogP contribution < -0.4 is 0 Å². The average Bonchev–Trinajstić information content (AvgIpc) is 3.35. The lowest BCUT2D eigenvalue weighted by Crippen LogP contribution is -2.69. The van der Waals surface area contributed by atoms with Crippen LogP contribution in [-0.4, -0.2) is 165 Å². The highest BCUT2D eigenvalue weighted by Crippen LogP contribution is 2.53. The fraction of sp³-hybridized carbons (Fsp3) is 0.655. The second-order valence-corrected chi connectivity index (χ2v) is 21.8. The lowest BCUT2D eigenvalue weighted by Gasteiger charge is -2.53. The summed E-state index contributed by atoms with van der Waals surface area (Å²) in [6.07, 6.45) is 0.294. The van der Waals surface area contributed by atoms with Gasteiger partial charge in [0.15, 0.2) is 66.0 Å². The first-order valence-corrected chi connectivity index (χ1v) is 26.3. The van der Waals surface area contributed by atoms with E-state index in [0.717, 1.165) is 6.08 Å². The van der Waals surface area contributed by atoms with Crippen molar-refractivity contribution in [3.8, 4) is 5.75 Å². The van der Waals surface area contributed by atoms with E-state index in [-0.39, 0.29) is 71.1 Å². The number of aromatic hydroxyl groups is 1. The predicted octanol–water partition coefficient (Wildman–Crippen LogP) is 4.30. The fourth-order valence-corrected chi connectivity index (χ4v) is 12.1. The van der Waals surface area contributed by atoms with Gasteiger partial charge >= 0.3 is 0 Å². The Hall–Kier alpha value is -4.23. The van der Waals surface area contributed by atoms with Crippen molar-refractivity contribution in [1.29, 1.82) is 0 Å². The zero-order valence-corrected chi connectivity index (χ0v) is 43.1. The van der Waals surface area contributed by atoms with Gasteiger partial charge in [-0.15, -0.1) is 0 Å². The van der Waals surface area contributed by atoms with Gasteiger partial charge in [-0.3, -0.25) is 24.0 Å². The van der Waals surface area contributed by atoms with Crippen LogP contribution in [0.25, 0.3) is 0 Å². The lowest BCUT2D eigenvalue weighted by atomic mass is 9.57. The van der Waals surface area contributed by atoms with Crippen LogP contribution in [-0.2, 0) is 66.5 Å². The molecular weight excluding hydrogens is 981 g/mol. The first-order valence-electron chi connectivity index (χ1n) is 26.3. The summed E-state index contributed by atoms with van der Waals surface area (Å²) in [6.45, 7) is 12.2. The standard InChI is InChI=1S/C55H68O20/c1-25-34(56)10-15-42(66-25)71-37-12-17-44(68-27(37)3)73-39-14-19-46(70-29(39)5)75-53(7)23-41(59)55(64)48-33(20-21-54(55,63)24-53)50(61)47-32(51(48)62)9-8-31(49(47)60)40-22-36(58)52(30(6)65-40)74-45-18-13-38(28(4)69-45)72-43-16-11-35(57)26(2)67-43/h8-11,15-16,20-21,25-30,36-40,42-46,52,58,60,63-64H,12-14,17-19,22-24H2,1-7H3. The highest BCUT2D eigenvalue weighted by atomic mass is 16.7. The number of allylic oxidation sites excluding steroid dienone is 2. The summed E-state index contributed by atoms with van der Waals surface area (Å²) in [5.41, 5.74) is -8.07. The fourth-order valence-electron chi connectivity index (χ4n) is 12.1. The number of hydrogen-bond donors (Lipinski definition) is 4. The van der Waals surface area contributed by atoms with Crippen LogP contribution in [0.5, 0.6) is 5.75 Å². The number of ketones is 5. The molecule has 408 valence electrons. The first-order chi connectivity index (χ1) is 35.5. The molecule has 4 N–H and O–H groups in total. The SMILES string of the molecule is CC1OC(OC2CCC(OC3CCC(OC4(C)CC(=O)C5(O)C6=C(C=CC5(O)C4)C(=O)c4c(ccc(C5CC(O)C(OC7CCC(OC8C=CC(=O)C(C)O8)C(C)O7)C(C)O5)c4O)C6=O)OC3C)OC2C)C=CC1=O. The summed E-state index contributed by atoms with van der Waals surface area (Å²) < 4.78 is 67.3. The van der Waals surface area contributed by atoms with E-state index in [1.807, 2.05) is 20.8 Å². The van der Waals surface area contributed by atoms with Crippen LogP contribution in [0.4, 0.5) is 0 Å². The number of phenols is 1. The molecule has 1 saturated carbocycles. The number of aliphatic hydroxyl groups is 3. The number of Topliss-reactive ketones (excluding diaryl/α,β-unsaturated/α-hetero) is 3. The Morgan fingerprint density at radius 3 is 1.73 bits per heavy atom. The molecule has 20 nitrogen and oxygen atoms in total. The Kier molecular flexibility index (Phi) is 15.1. The normalized spacial score (nSPS) is 44.1. The van der Waals surface area contributed by atoms with Crippen molar-refractivity contribution in [3.63, 3.8) is 0 Å². The third kappa shape index (κ3) is 10.3. The smallest absolute Gasteiger partial charge is 0.198 e. The van der Waals surface area contributed by atoms with Gasteiger partial charge < -0.3 is 72.5 Å². The topological polar surface area (TPSA) is 268 Å². The van der Waals surface area contributed by atoms with E-state index in [4.69, 9.17) is 52.1 Å². The average molecular weight is 1050 g/mol. The van der Waals surface area contributed by atoms with Gasteiger partial charge in [0.1, 0.15) is 29.7 Å². The van der Waals surface area contributed by atoms with Crippen molar-refractivity contribution in [2.75, 3.05) is 0 Å². The number of hydrogen-bond acceptors (Lipinski definition) is 20. The summed E-state index contributed by atoms with van der Waals surface area (Å²) in [5, 5.41) is 47.9. The van der Waals surface area contributed by atoms with Crippen molar-refractivity contribution < 1.29 is 96.5 Å². The summed E-state index contributed by atoms with van der Waals surface area (Å²) in [7, 11) is 0. The number of rotatable bonds is 11. The van der Waals surface area contributed by atoms with Crippen molar-refractivity contribution in [2.24, 2.45) is 0 Å². The molecule has 0 aromatic heterocycles. The Morgan fingerprint density at radius 2 is 1.17 bits per heavy atom. The van der Waals surface area contributed by atoms with Crippen molar-refractivity contribution in [2.45, 2.75) is 228 Å². The van der Waals surface area contributed by atoms with Gasteiger partial charge in [0, 0.05) is 55.2 Å². The molecular formula is C55H68O20. The molecule has 9 aliphatic rings. The molecule has 20 unspecified atom stereocenters. The number of phenolic OH excluding ortho intramolecular Hbond substituents is 1. The Morgan fingerprint density at radius 1 is 0.627 bits per heavy atom. The first kappa shape index (κ1) is 54.1.